The summed E-state index contributed by atoms with van der Waals surface area (Å²) in [6.07, 6.45) is 3.40. The van der Waals surface area contributed by atoms with Crippen LogP contribution in [0.2, 0.25) is 0 Å². The smallest absolute Gasteiger partial charge is 0.0964 e. The molecule has 0 unspecified atom stereocenters. The molecular weight excluding hydrogens is 176 g/mol. The average Bonchev–Trinajstić information content (AvgIpc) is 2.62. The fourth-order valence-electron chi connectivity index (χ4n) is 2.89. The van der Waals surface area contributed by atoms with E-state index in [0.29, 0.717) is 11.8 Å². The molecule has 12 heavy (non-hydrogen) atoms. The minimum atomic E-state index is -0.856. The van der Waals surface area contributed by atoms with Gasteiger partial charge in [0.25, 0.3) is 0 Å². The minimum Gasteiger partial charge on any atom is -0.389 e. The standard InChI is InChI=1S/C9H15ClO2/c10-5-8(11)9(12)4-6-1-2-7(9)3-6/h6-8,11-12H,1-5H2/t6-,7+,8+,9-/m1/s1. The first-order chi connectivity index (χ1) is 5.66. The van der Waals surface area contributed by atoms with Crippen LogP contribution in [0.5, 0.6) is 0 Å². The third-order valence-electron chi connectivity index (χ3n) is 3.59. The molecule has 0 radical (unpaired) electrons. The van der Waals surface area contributed by atoms with Gasteiger partial charge in [-0.3, -0.25) is 0 Å². The first-order valence-corrected chi connectivity index (χ1v) is 5.16. The highest BCUT2D eigenvalue weighted by Crippen LogP contribution is 2.52. The van der Waals surface area contributed by atoms with Crippen LogP contribution in [0.3, 0.4) is 0 Å². The molecular formula is C9H15ClO2. The Kier molecular flexibility index (Phi) is 2.10. The second-order valence-corrected chi connectivity index (χ2v) is 4.55. The first kappa shape index (κ1) is 8.79. The van der Waals surface area contributed by atoms with Crippen molar-refractivity contribution in [2.45, 2.75) is 37.4 Å². The third-order valence-corrected chi connectivity index (χ3v) is 3.88. The van der Waals surface area contributed by atoms with Crippen LogP contribution in [0, 0.1) is 11.8 Å². The number of hydrogen-bond donors (Lipinski definition) is 2. The topological polar surface area (TPSA) is 40.5 Å². The van der Waals surface area contributed by atoms with Gasteiger partial charge in [-0.15, -0.1) is 11.6 Å². The monoisotopic (exact) mass is 190 g/mol. The molecule has 4 atom stereocenters. The summed E-state index contributed by atoms with van der Waals surface area (Å²) < 4.78 is 0. The Morgan fingerprint density at radius 2 is 2.25 bits per heavy atom. The Labute approximate surface area is 77.5 Å². The summed E-state index contributed by atoms with van der Waals surface area (Å²) in [6.45, 7) is 0. The van der Waals surface area contributed by atoms with Crippen LogP contribution < -0.4 is 0 Å². The van der Waals surface area contributed by atoms with Crippen molar-refractivity contribution in [1.82, 2.24) is 0 Å². The molecule has 2 nitrogen and oxygen atoms in total. The Morgan fingerprint density at radius 1 is 1.50 bits per heavy atom. The van der Waals surface area contributed by atoms with Crippen LogP contribution in [0.25, 0.3) is 0 Å². The SMILES string of the molecule is O[C@@H](CCl)[C@@]1(O)C[C@@H]2CC[C@H]1C2. The number of halogens is 1. The van der Waals surface area contributed by atoms with Crippen molar-refractivity contribution in [2.24, 2.45) is 11.8 Å². The van der Waals surface area contributed by atoms with Crippen molar-refractivity contribution < 1.29 is 10.2 Å². The maximum atomic E-state index is 10.1. The predicted octanol–water partition coefficient (Wildman–Crippen LogP) is 1.14. The van der Waals surface area contributed by atoms with E-state index in [2.05, 4.69) is 0 Å². The summed E-state index contributed by atoms with van der Waals surface area (Å²) >= 11 is 5.55. The van der Waals surface area contributed by atoms with E-state index >= 15 is 0 Å². The van der Waals surface area contributed by atoms with Crippen LogP contribution in [-0.2, 0) is 0 Å². The normalized spacial score (nSPS) is 48.2. The molecule has 0 aromatic carbocycles. The van der Waals surface area contributed by atoms with Gasteiger partial charge >= 0.3 is 0 Å². The highest BCUT2D eigenvalue weighted by molar-refractivity contribution is 6.18. The molecule has 2 N–H and O–H groups in total. The Hall–Kier alpha value is 0.210. The molecule has 70 valence electrons. The molecule has 0 aromatic rings. The summed E-state index contributed by atoms with van der Waals surface area (Å²) in [4.78, 5) is 0. The third kappa shape index (κ3) is 1.09. The maximum absolute atomic E-state index is 10.1. The summed E-state index contributed by atoms with van der Waals surface area (Å²) in [5.41, 5.74) is -0.856. The van der Waals surface area contributed by atoms with Gasteiger partial charge in [0, 0.05) is 0 Å². The van der Waals surface area contributed by atoms with Crippen molar-refractivity contribution in [3.05, 3.63) is 0 Å². The van der Waals surface area contributed by atoms with E-state index in [-0.39, 0.29) is 5.88 Å². The lowest BCUT2D eigenvalue weighted by atomic mass is 9.80. The van der Waals surface area contributed by atoms with Crippen molar-refractivity contribution in [3.63, 3.8) is 0 Å². The van der Waals surface area contributed by atoms with E-state index in [1.807, 2.05) is 0 Å². The summed E-state index contributed by atoms with van der Waals surface area (Å²) in [5.74, 6) is 1.09. The predicted molar refractivity (Wildman–Crippen MR) is 47.1 cm³/mol. The lowest BCUT2D eigenvalue weighted by Gasteiger charge is -2.35. The van der Waals surface area contributed by atoms with E-state index in [1.165, 1.54) is 6.42 Å². The first-order valence-electron chi connectivity index (χ1n) is 4.63. The number of hydrogen-bond acceptors (Lipinski definition) is 2. The molecule has 2 bridgehead atoms. The van der Waals surface area contributed by atoms with Crippen LogP contribution in [0.15, 0.2) is 0 Å². The molecule has 0 heterocycles. The fraction of sp³-hybridized carbons (Fsp3) is 1.00. The number of aliphatic hydroxyl groups excluding tert-OH is 1. The Bertz CT molecular complexity index is 185. The molecule has 0 saturated heterocycles. The van der Waals surface area contributed by atoms with E-state index in [1.54, 1.807) is 0 Å². The largest absolute Gasteiger partial charge is 0.389 e. The van der Waals surface area contributed by atoms with Crippen molar-refractivity contribution in [1.29, 1.82) is 0 Å². The molecule has 2 aliphatic rings. The van der Waals surface area contributed by atoms with Crippen molar-refractivity contribution in [3.8, 4) is 0 Å². The summed E-state index contributed by atoms with van der Waals surface area (Å²) in [5, 5.41) is 19.7. The van der Waals surface area contributed by atoms with E-state index < -0.39 is 11.7 Å². The fourth-order valence-corrected chi connectivity index (χ4v) is 3.15. The molecule has 0 aliphatic heterocycles. The van der Waals surface area contributed by atoms with Gasteiger partial charge in [-0.25, -0.2) is 0 Å². The Morgan fingerprint density at radius 3 is 2.67 bits per heavy atom. The zero-order valence-electron chi connectivity index (χ0n) is 7.04. The minimum absolute atomic E-state index is 0.153. The number of alkyl halides is 1. The molecule has 2 aliphatic carbocycles. The van der Waals surface area contributed by atoms with Gasteiger partial charge in [0.2, 0.25) is 0 Å². The van der Waals surface area contributed by atoms with Crippen LogP contribution in [-0.4, -0.2) is 27.8 Å². The van der Waals surface area contributed by atoms with Crippen LogP contribution in [0.1, 0.15) is 25.7 Å². The summed E-state index contributed by atoms with van der Waals surface area (Å²) in [7, 11) is 0. The number of aliphatic hydroxyl groups is 2. The molecule has 2 fully saturated rings. The van der Waals surface area contributed by atoms with Gasteiger partial charge in [-0.1, -0.05) is 0 Å². The van der Waals surface area contributed by atoms with Crippen molar-refractivity contribution >= 4 is 11.6 Å². The van der Waals surface area contributed by atoms with Gasteiger partial charge in [0.15, 0.2) is 0 Å². The van der Waals surface area contributed by atoms with E-state index in [9.17, 15) is 10.2 Å². The van der Waals surface area contributed by atoms with Gasteiger partial charge < -0.3 is 10.2 Å². The van der Waals surface area contributed by atoms with Crippen LogP contribution >= 0.6 is 11.6 Å². The van der Waals surface area contributed by atoms with Crippen molar-refractivity contribution in [2.75, 3.05) is 5.88 Å². The molecule has 2 saturated carbocycles. The Balaban J connectivity index is 2.12. The second-order valence-electron chi connectivity index (χ2n) is 4.24. The quantitative estimate of drug-likeness (QED) is 0.642. The number of fused-ring (bicyclic) bond motifs is 2. The lowest BCUT2D eigenvalue weighted by Crippen LogP contribution is -2.47. The van der Waals surface area contributed by atoms with Gasteiger partial charge in [0.1, 0.15) is 0 Å². The molecule has 0 spiro atoms. The summed E-state index contributed by atoms with van der Waals surface area (Å²) in [6, 6.07) is 0. The van der Waals surface area contributed by atoms with E-state index in [0.717, 1.165) is 19.3 Å². The lowest BCUT2D eigenvalue weighted by molar-refractivity contribution is -0.0999. The second kappa shape index (κ2) is 2.86. The van der Waals surface area contributed by atoms with E-state index in [4.69, 9.17) is 11.6 Å². The molecule has 0 amide bonds. The number of rotatable bonds is 2. The van der Waals surface area contributed by atoms with Gasteiger partial charge in [-0.05, 0) is 37.5 Å². The maximum Gasteiger partial charge on any atom is 0.0964 e. The van der Waals surface area contributed by atoms with Gasteiger partial charge in [0.05, 0.1) is 17.6 Å². The molecule has 3 heteroatoms. The molecule has 2 rings (SSSR count). The van der Waals surface area contributed by atoms with Crippen LogP contribution in [0.4, 0.5) is 0 Å². The average molecular weight is 191 g/mol. The van der Waals surface area contributed by atoms with Gasteiger partial charge in [-0.2, -0.15) is 0 Å². The highest BCUT2D eigenvalue weighted by Gasteiger charge is 2.53. The zero-order chi connectivity index (χ0) is 8.77. The zero-order valence-corrected chi connectivity index (χ0v) is 7.80. The highest BCUT2D eigenvalue weighted by atomic mass is 35.5. The molecule has 0 aromatic heterocycles.